The molecule has 0 radical (unpaired) electrons. The van der Waals surface area contributed by atoms with Crippen molar-refractivity contribution in [2.75, 3.05) is 90.9 Å². The van der Waals surface area contributed by atoms with Crippen LogP contribution in [0.15, 0.2) is 126 Å². The third kappa shape index (κ3) is 15.4. The number of piperazine rings is 3. The number of halogens is 9. The van der Waals surface area contributed by atoms with Crippen molar-refractivity contribution in [3.8, 4) is 73.8 Å². The molecule has 6 aliphatic heterocycles. The van der Waals surface area contributed by atoms with Crippen molar-refractivity contribution >= 4 is 79.7 Å². The van der Waals surface area contributed by atoms with Crippen molar-refractivity contribution in [1.82, 2.24) is 73.3 Å². The summed E-state index contributed by atoms with van der Waals surface area (Å²) in [4.78, 5) is 132. The number of likely N-dealkylation sites (N-methyl/N-ethyl adjacent to an activating group) is 1. The molecule has 18 rings (SSSR count). The van der Waals surface area contributed by atoms with E-state index in [2.05, 4.69) is 69.9 Å². The monoisotopic (exact) mass is 1830 g/mol. The molecule has 0 spiro atoms. The molecule has 6 aliphatic rings. The predicted octanol–water partition coefficient (Wildman–Crippen LogP) is 13.2. The van der Waals surface area contributed by atoms with Crippen molar-refractivity contribution in [2.45, 2.75) is 137 Å². The Kier molecular flexibility index (Phi) is 24.2. The van der Waals surface area contributed by atoms with E-state index in [4.69, 9.17) is 4.74 Å². The highest BCUT2D eigenvalue weighted by Gasteiger charge is 2.46. The number of hydrogen-bond donors (Lipinski definition) is 4. The van der Waals surface area contributed by atoms with Gasteiger partial charge in [0.15, 0.2) is 75.0 Å². The van der Waals surface area contributed by atoms with Gasteiger partial charge in [-0.05, 0) is 149 Å². The van der Waals surface area contributed by atoms with Gasteiger partial charge in [0, 0.05) is 96.1 Å². The van der Waals surface area contributed by atoms with Gasteiger partial charge in [0.25, 0.3) is 0 Å². The number of hydrogen-bond acceptors (Lipinski definition) is 24. The predicted molar refractivity (Wildman–Crippen MR) is 481 cm³/mol. The summed E-state index contributed by atoms with van der Waals surface area (Å²) in [6, 6.07) is 7.63. The number of pyridine rings is 6. The first-order chi connectivity index (χ1) is 63.2. The van der Waals surface area contributed by atoms with Crippen molar-refractivity contribution in [3.05, 3.63) is 229 Å². The summed E-state index contributed by atoms with van der Waals surface area (Å²) in [6.45, 7) is 34.5. The van der Waals surface area contributed by atoms with Gasteiger partial charge in [-0.2, -0.15) is 15.0 Å². The minimum Gasteiger partial charge on any atom is -0.507 e. The number of ether oxygens (including phenoxy) is 1. The van der Waals surface area contributed by atoms with Gasteiger partial charge < -0.3 is 59.7 Å². The van der Waals surface area contributed by atoms with E-state index >= 15 is 26.3 Å². The smallest absolute Gasteiger partial charge is 0.355 e. The maximum atomic E-state index is 16.8. The zero-order valence-corrected chi connectivity index (χ0v) is 74.4. The van der Waals surface area contributed by atoms with Gasteiger partial charge >= 0.3 is 17.1 Å². The molecule has 3 aromatic carbocycles. The number of fused-ring (bicyclic) bond motifs is 6. The van der Waals surface area contributed by atoms with Crippen LogP contribution in [0.2, 0.25) is 0 Å². The molecule has 0 aliphatic carbocycles. The van der Waals surface area contributed by atoms with Crippen LogP contribution in [0.3, 0.4) is 0 Å². The Morgan fingerprint density at radius 2 is 0.767 bits per heavy atom. The fourth-order valence-electron chi connectivity index (χ4n) is 18.6. The molecule has 6 unspecified atom stereocenters. The Bertz CT molecular complexity index is 6860. The number of phenols is 3. The van der Waals surface area contributed by atoms with E-state index in [1.165, 1.54) is 31.9 Å². The molecule has 133 heavy (non-hydrogen) atoms. The van der Waals surface area contributed by atoms with Crippen molar-refractivity contribution in [2.24, 2.45) is 0 Å². The lowest BCUT2D eigenvalue weighted by molar-refractivity contribution is -0.129. The van der Waals surface area contributed by atoms with Crippen molar-refractivity contribution < 1.29 is 74.0 Å². The lowest BCUT2D eigenvalue weighted by Gasteiger charge is -2.45. The molecule has 0 saturated carbocycles. The number of nitrogens with one attached hydrogen (secondary N) is 1. The van der Waals surface area contributed by atoms with Gasteiger partial charge in [-0.25, -0.2) is 82.6 Å². The summed E-state index contributed by atoms with van der Waals surface area (Å²) in [5.41, 5.74) is -2.61. The van der Waals surface area contributed by atoms with Crippen LogP contribution in [0.5, 0.6) is 23.0 Å². The molecule has 9 aromatic heterocycles. The van der Waals surface area contributed by atoms with Crippen LogP contribution in [-0.4, -0.2) is 209 Å². The number of aromatic hydroxyl groups is 3. The summed E-state index contributed by atoms with van der Waals surface area (Å²) in [7, 11) is 1.62. The highest BCUT2D eigenvalue weighted by molar-refractivity contribution is 6.05. The molecule has 0 bridgehead atoms. The number of anilines is 5. The maximum absolute atomic E-state index is 16.8. The highest BCUT2D eigenvalue weighted by atomic mass is 19.2. The number of aryl methyl sites for hydroxylation is 3. The zero-order valence-electron chi connectivity index (χ0n) is 74.4. The van der Waals surface area contributed by atoms with E-state index in [0.29, 0.717) is 56.9 Å². The minimum absolute atomic E-state index is 0.0262. The number of nitrogens with zero attached hydrogens (tertiary/aromatic N) is 19. The fraction of sp³-hybridized carbons (Fsp3) is 0.330. The van der Waals surface area contributed by atoms with Crippen LogP contribution in [0.4, 0.5) is 68.3 Å². The molecule has 3 saturated heterocycles. The average Bonchev–Trinajstić information content (AvgIpc) is 1.61. The van der Waals surface area contributed by atoms with Crippen LogP contribution in [0, 0.1) is 73.1 Å². The van der Waals surface area contributed by atoms with Crippen LogP contribution in [0.1, 0.15) is 114 Å². The summed E-state index contributed by atoms with van der Waals surface area (Å²) in [5, 5.41) is 35.2. The van der Waals surface area contributed by atoms with E-state index in [0.717, 1.165) is 30.3 Å². The topological polar surface area (TPSA) is 338 Å². The summed E-state index contributed by atoms with van der Waals surface area (Å²) in [6.07, 6.45) is 8.48. The highest BCUT2D eigenvalue weighted by Crippen LogP contribution is 2.50. The first-order valence-electron chi connectivity index (χ1n) is 42.8. The Balaban J connectivity index is 0.000000145. The van der Waals surface area contributed by atoms with Crippen molar-refractivity contribution in [3.63, 3.8) is 0 Å². The molecule has 3 fully saturated rings. The van der Waals surface area contributed by atoms with E-state index in [1.54, 1.807) is 89.1 Å². The molecule has 15 heterocycles. The van der Waals surface area contributed by atoms with E-state index in [9.17, 15) is 57.3 Å². The Hall–Kier alpha value is -14.8. The van der Waals surface area contributed by atoms with Crippen LogP contribution in [-0.2, 0) is 14.4 Å². The molecular weight excluding hydrogens is 1740 g/mol. The van der Waals surface area contributed by atoms with Gasteiger partial charge in [0.1, 0.15) is 63.8 Å². The average molecular weight is 1830 g/mol. The van der Waals surface area contributed by atoms with Crippen molar-refractivity contribution in [1.29, 1.82) is 0 Å². The fourth-order valence-corrected chi connectivity index (χ4v) is 18.6. The summed E-state index contributed by atoms with van der Waals surface area (Å²) in [5.74, 6) is -15.3. The van der Waals surface area contributed by atoms with Crippen LogP contribution >= 0.6 is 0 Å². The summed E-state index contributed by atoms with van der Waals surface area (Å²) < 4.78 is 149. The second kappa shape index (κ2) is 35.1. The summed E-state index contributed by atoms with van der Waals surface area (Å²) >= 11 is 0. The number of carbonyl (C=O) groups is 3. The Morgan fingerprint density at radius 3 is 1.17 bits per heavy atom. The molecule has 30 nitrogen and oxygen atoms in total. The molecule has 690 valence electrons. The van der Waals surface area contributed by atoms with E-state index in [-0.39, 0.29) is 174 Å². The van der Waals surface area contributed by atoms with E-state index < -0.39 is 144 Å². The van der Waals surface area contributed by atoms with Crippen LogP contribution in [0.25, 0.3) is 83.9 Å². The second-order valence-corrected chi connectivity index (χ2v) is 34.6. The number of carbonyl (C=O) groups excluding carboxylic acids is 3. The van der Waals surface area contributed by atoms with Gasteiger partial charge in [0.2, 0.25) is 17.7 Å². The number of benzene rings is 3. The third-order valence-corrected chi connectivity index (χ3v) is 25.0. The normalized spacial score (nSPS) is 17.9. The molecule has 3 amide bonds. The lowest BCUT2D eigenvalue weighted by Crippen LogP contribution is -2.61. The van der Waals surface area contributed by atoms with Crippen LogP contribution < -0.4 is 46.7 Å². The van der Waals surface area contributed by atoms with Gasteiger partial charge in [-0.1, -0.05) is 61.3 Å². The molecule has 12 aromatic rings. The second-order valence-electron chi connectivity index (χ2n) is 34.6. The Morgan fingerprint density at radius 1 is 0.429 bits per heavy atom. The molecule has 4 N–H and O–H groups in total. The molecule has 39 heteroatoms. The van der Waals surface area contributed by atoms with E-state index in [1.807, 2.05) is 72.1 Å². The quantitative estimate of drug-likeness (QED) is 0.0652. The van der Waals surface area contributed by atoms with Gasteiger partial charge in [-0.3, -0.25) is 29.3 Å². The molecule has 6 atom stereocenters. The standard InChI is InChI=1S/C32H32F3N7O3.C31H30F3N7O3.C31H29F3N6O4/c1-7-21(44)40-14-18-13-39(6)29-23-30(41(18)12-17(40)5)38-32(45)42(28-16(4)10-11-36-26(28)15(2)3)31(23)37-27(25(29)35)22-20(43)9-8-19(33)24(22)34;1-6-20(43)39-13-17-11-36-26-22-29(40(17)12-16(39)5)38-31(44)41(28-15(4)9-10-35-25(28)14(2)3)30(22)37-27(24(26)34)21-19(42)8-7-18(32)23(21)33;1-6-20(42)38-12-17-13-44-28-22-29(39(17)11-16(38)5)37-31(43)40(27-15(4)9-10-35-25(27)14(2)3)30(22)36-26(24(28)34)21-19(41)8-7-18(32)23(21)33/h7-11,15,17-18,43H,1,12-14H2,2-6H3;6-10,14,16-17,36,42H,1,11-13H2,2-5H3;6-10,14,16-17,41H,1,11-13H2,2-5H3. The zero-order chi connectivity index (χ0) is 95.7. The molecular formula is C94H91F9N20O10. The SMILES string of the molecule is C=CC(=O)N1CC2CN(C)c3c(F)c(-c4c(O)ccc(F)c4F)nc4c3c(nc(=O)n4-c3c(C)ccnc3C(C)C)N2CC1C.C=CC(=O)N1CC2CNc3c(F)c(-c4c(O)ccc(F)c4F)nc4c3c(nc(=O)n4-c3c(C)ccnc3C(C)C)N2CC1C.C=CC(=O)N1CC2COc3c(F)c(-c4c(O)ccc(F)c4F)nc4c3c(nc(=O)n4-c3c(C)ccnc3C(C)C)N2CC1C. The first-order valence-corrected chi connectivity index (χ1v) is 42.8. The largest absolute Gasteiger partial charge is 0.507 e. The Labute approximate surface area is 754 Å². The van der Waals surface area contributed by atoms with Gasteiger partial charge in [0.05, 0.1) is 91.1 Å². The number of aromatic nitrogens is 12. The maximum Gasteiger partial charge on any atom is 0.355 e. The third-order valence-electron chi connectivity index (χ3n) is 25.0. The minimum atomic E-state index is -1.52. The first kappa shape index (κ1) is 91.5. The number of rotatable bonds is 12. The number of phenolic OH excluding ortho intramolecular Hbond substituents is 3. The van der Waals surface area contributed by atoms with Gasteiger partial charge in [-0.15, -0.1) is 0 Å². The number of amides is 3. The lowest BCUT2D eigenvalue weighted by atomic mass is 10.0.